The minimum absolute atomic E-state index is 0.149. The molecule has 1 N–H and O–H groups in total. The minimum atomic E-state index is -3.17. The molecule has 2 aromatic rings. The minimum Gasteiger partial charge on any atom is -0.505 e. The van der Waals surface area contributed by atoms with Crippen LogP contribution in [0, 0.1) is 5.82 Å². The molecule has 1 saturated heterocycles. The number of halogens is 1. The van der Waals surface area contributed by atoms with Gasteiger partial charge in [0.15, 0.2) is 21.4 Å². The van der Waals surface area contributed by atoms with Crippen LogP contribution in [0.3, 0.4) is 0 Å². The Balaban J connectivity index is 1.60. The third kappa shape index (κ3) is 4.57. The van der Waals surface area contributed by atoms with Crippen LogP contribution in [0.1, 0.15) is 43.9 Å². The highest BCUT2D eigenvalue weighted by Gasteiger charge is 2.46. The second-order valence-electron chi connectivity index (χ2n) is 8.06. The van der Waals surface area contributed by atoms with E-state index in [1.807, 2.05) is 24.3 Å². The molecule has 1 aromatic carbocycles. The molecule has 0 bridgehead atoms. The molecular weight excluding hydrogens is 417 g/mol. The average Bonchev–Trinajstić information content (AvgIpc) is 3.28. The Bertz CT molecular complexity index is 1130. The van der Waals surface area contributed by atoms with Crippen molar-refractivity contribution in [3.8, 4) is 5.75 Å². The average molecular weight is 444 g/mol. The summed E-state index contributed by atoms with van der Waals surface area (Å²) in [6, 6.07) is 9.87. The first-order valence-electron chi connectivity index (χ1n) is 10.5. The largest absolute Gasteiger partial charge is 0.505 e. The molecule has 0 aliphatic carbocycles. The number of hydrogen-bond donors (Lipinski definition) is 1. The van der Waals surface area contributed by atoms with Crippen LogP contribution in [0.2, 0.25) is 0 Å². The van der Waals surface area contributed by atoms with Crippen LogP contribution < -0.4 is 0 Å². The summed E-state index contributed by atoms with van der Waals surface area (Å²) in [5, 5.41) is 8.95. The van der Waals surface area contributed by atoms with E-state index in [0.29, 0.717) is 18.4 Å². The van der Waals surface area contributed by atoms with Crippen molar-refractivity contribution < 1.29 is 22.7 Å². The molecular formula is C24H26FNO4S. The van der Waals surface area contributed by atoms with E-state index in [9.17, 15) is 17.9 Å². The lowest BCUT2D eigenvalue weighted by Gasteiger charge is -2.15. The molecule has 1 fully saturated rings. The van der Waals surface area contributed by atoms with Crippen molar-refractivity contribution in [2.45, 2.75) is 44.0 Å². The fourth-order valence-corrected chi connectivity index (χ4v) is 6.44. The first kappa shape index (κ1) is 21.7. The number of rotatable bonds is 7. The monoisotopic (exact) mass is 443 g/mol. The van der Waals surface area contributed by atoms with Crippen LogP contribution in [0.5, 0.6) is 5.75 Å². The highest BCUT2D eigenvalue weighted by atomic mass is 32.2. The van der Waals surface area contributed by atoms with Gasteiger partial charge in [-0.2, -0.15) is 0 Å². The van der Waals surface area contributed by atoms with Crippen LogP contribution in [-0.4, -0.2) is 42.2 Å². The van der Waals surface area contributed by atoms with Crippen LogP contribution in [0.25, 0.3) is 11.6 Å². The van der Waals surface area contributed by atoms with Gasteiger partial charge in [-0.25, -0.2) is 12.8 Å². The maximum Gasteiger partial charge on any atom is 0.165 e. The summed E-state index contributed by atoms with van der Waals surface area (Å²) >= 11 is 0. The molecule has 2 atom stereocenters. The van der Waals surface area contributed by atoms with Gasteiger partial charge in [0.2, 0.25) is 0 Å². The SMILES string of the molecule is CCCC1=C2[C@@H](CC/C(=C/c3ccc(O)c(F)c3)c3ccccn3)OC[C@@H]2S(=O)(=O)C1. The molecule has 1 aromatic heterocycles. The van der Waals surface area contributed by atoms with Crippen molar-refractivity contribution in [1.82, 2.24) is 4.98 Å². The number of aromatic hydroxyl groups is 1. The number of sulfone groups is 1. The highest BCUT2D eigenvalue weighted by molar-refractivity contribution is 7.92. The molecule has 2 aliphatic heterocycles. The molecule has 4 rings (SSSR count). The quantitative estimate of drug-likeness (QED) is 0.636. The Morgan fingerprint density at radius 1 is 1.32 bits per heavy atom. The summed E-state index contributed by atoms with van der Waals surface area (Å²) < 4.78 is 44.8. The zero-order valence-electron chi connectivity index (χ0n) is 17.4. The van der Waals surface area contributed by atoms with Gasteiger partial charge in [0.1, 0.15) is 5.25 Å². The number of aromatic nitrogens is 1. The summed E-state index contributed by atoms with van der Waals surface area (Å²) in [6.07, 6.45) is 6.22. The summed E-state index contributed by atoms with van der Waals surface area (Å²) in [5.41, 5.74) is 4.26. The van der Waals surface area contributed by atoms with E-state index in [4.69, 9.17) is 4.74 Å². The Hall–Kier alpha value is -2.51. The lowest BCUT2D eigenvalue weighted by molar-refractivity contribution is 0.118. The van der Waals surface area contributed by atoms with Crippen LogP contribution in [0.4, 0.5) is 4.39 Å². The number of phenols is 1. The molecule has 7 heteroatoms. The zero-order chi connectivity index (χ0) is 22.0. The van der Waals surface area contributed by atoms with E-state index in [0.717, 1.165) is 35.3 Å². The molecule has 164 valence electrons. The van der Waals surface area contributed by atoms with Gasteiger partial charge >= 0.3 is 0 Å². The number of hydrogen-bond acceptors (Lipinski definition) is 5. The Labute approximate surface area is 182 Å². The van der Waals surface area contributed by atoms with Crippen molar-refractivity contribution in [3.63, 3.8) is 0 Å². The standard InChI is InChI=1S/C24H26FNO4S/c1-2-5-18-15-31(28,29)23-14-30-22(24(18)23)10-8-17(20-6-3-4-11-26-20)12-16-7-9-21(27)19(25)13-16/h3-4,6-7,9,11-13,22-23,27H,2,5,8,10,14-15H2,1H3/b17-12-/t22-,23+/m1/s1. The molecule has 0 unspecified atom stereocenters. The van der Waals surface area contributed by atoms with Gasteiger partial charge in [-0.3, -0.25) is 4.98 Å². The topological polar surface area (TPSA) is 76.5 Å². The Kier molecular flexibility index (Phi) is 6.25. The van der Waals surface area contributed by atoms with Crippen LogP contribution in [0.15, 0.2) is 53.7 Å². The first-order valence-corrected chi connectivity index (χ1v) is 12.3. The Morgan fingerprint density at radius 3 is 2.87 bits per heavy atom. The smallest absolute Gasteiger partial charge is 0.165 e. The molecule has 0 saturated carbocycles. The maximum absolute atomic E-state index is 13.8. The van der Waals surface area contributed by atoms with E-state index >= 15 is 0 Å². The fraction of sp³-hybridized carbons (Fsp3) is 0.375. The number of phenolic OH excluding ortho intramolecular Hbond substituents is 1. The fourth-order valence-electron chi connectivity index (χ4n) is 4.45. The van der Waals surface area contributed by atoms with E-state index in [2.05, 4.69) is 11.9 Å². The van der Waals surface area contributed by atoms with Crippen molar-refractivity contribution >= 4 is 21.5 Å². The molecule has 3 heterocycles. The number of nitrogens with zero attached hydrogens (tertiary/aromatic N) is 1. The van der Waals surface area contributed by atoms with Gasteiger partial charge in [-0.15, -0.1) is 0 Å². The highest BCUT2D eigenvalue weighted by Crippen LogP contribution is 2.40. The second-order valence-corrected chi connectivity index (χ2v) is 10.2. The third-order valence-corrected chi connectivity index (χ3v) is 7.90. The molecule has 31 heavy (non-hydrogen) atoms. The number of benzene rings is 1. The van der Waals surface area contributed by atoms with Gasteiger partial charge in [-0.1, -0.05) is 31.1 Å². The van der Waals surface area contributed by atoms with Crippen molar-refractivity contribution in [3.05, 3.63) is 70.8 Å². The number of fused-ring (bicyclic) bond motifs is 1. The lowest BCUT2D eigenvalue weighted by Crippen LogP contribution is -2.19. The molecule has 0 radical (unpaired) electrons. The second kappa shape index (κ2) is 8.93. The number of pyridine rings is 1. The predicted molar refractivity (Wildman–Crippen MR) is 119 cm³/mol. The van der Waals surface area contributed by atoms with Crippen LogP contribution in [-0.2, 0) is 14.6 Å². The maximum atomic E-state index is 13.8. The van der Waals surface area contributed by atoms with Gasteiger partial charge in [0.25, 0.3) is 0 Å². The van der Waals surface area contributed by atoms with Gasteiger partial charge < -0.3 is 9.84 Å². The number of ether oxygens (including phenoxy) is 1. The number of allylic oxidation sites excluding steroid dienone is 1. The summed E-state index contributed by atoms with van der Waals surface area (Å²) in [7, 11) is -3.17. The van der Waals surface area contributed by atoms with Crippen LogP contribution >= 0.6 is 0 Å². The lowest BCUT2D eigenvalue weighted by atomic mass is 9.94. The zero-order valence-corrected chi connectivity index (χ0v) is 18.2. The normalized spacial score (nSPS) is 22.7. The summed E-state index contributed by atoms with van der Waals surface area (Å²) in [4.78, 5) is 4.43. The third-order valence-electron chi connectivity index (χ3n) is 5.89. The van der Waals surface area contributed by atoms with Crippen molar-refractivity contribution in [2.75, 3.05) is 12.4 Å². The predicted octanol–water partition coefficient (Wildman–Crippen LogP) is 4.54. The molecule has 5 nitrogen and oxygen atoms in total. The van der Waals surface area contributed by atoms with Gasteiger partial charge in [0.05, 0.1) is 24.2 Å². The molecule has 0 amide bonds. The summed E-state index contributed by atoms with van der Waals surface area (Å²) in [6.45, 7) is 2.28. The van der Waals surface area contributed by atoms with E-state index < -0.39 is 20.9 Å². The van der Waals surface area contributed by atoms with E-state index in [1.54, 1.807) is 12.3 Å². The Morgan fingerprint density at radius 2 is 2.16 bits per heavy atom. The van der Waals surface area contributed by atoms with E-state index in [1.165, 1.54) is 12.1 Å². The van der Waals surface area contributed by atoms with Gasteiger partial charge in [0, 0.05) is 6.20 Å². The van der Waals surface area contributed by atoms with Gasteiger partial charge in [-0.05, 0) is 66.3 Å². The van der Waals surface area contributed by atoms with Crippen molar-refractivity contribution in [1.29, 1.82) is 0 Å². The van der Waals surface area contributed by atoms with Crippen molar-refractivity contribution in [2.24, 2.45) is 0 Å². The van der Waals surface area contributed by atoms with E-state index in [-0.39, 0.29) is 24.2 Å². The molecule has 2 aliphatic rings. The molecule has 0 spiro atoms. The summed E-state index contributed by atoms with van der Waals surface area (Å²) in [5.74, 6) is -0.919. The first-order chi connectivity index (χ1) is 14.9.